The molecule has 2 saturated heterocycles. The fourth-order valence-corrected chi connectivity index (χ4v) is 5.01. The van der Waals surface area contributed by atoms with Crippen LogP contribution in [0.5, 0.6) is 0 Å². The zero-order valence-electron chi connectivity index (χ0n) is 19.3. The number of unbranched alkanes of at least 4 members (excludes halogenated alkanes) is 1. The molecule has 178 valence electrons. The summed E-state index contributed by atoms with van der Waals surface area (Å²) in [5.41, 5.74) is 2.46. The van der Waals surface area contributed by atoms with Gasteiger partial charge < -0.3 is 14.7 Å². The molecule has 0 unspecified atom stereocenters. The highest BCUT2D eigenvalue weighted by Gasteiger charge is 2.21. The van der Waals surface area contributed by atoms with Gasteiger partial charge in [-0.1, -0.05) is 47.5 Å². The highest BCUT2D eigenvalue weighted by atomic mass is 35.5. The van der Waals surface area contributed by atoms with E-state index >= 15 is 0 Å². The number of benzene rings is 2. The van der Waals surface area contributed by atoms with E-state index in [4.69, 9.17) is 23.2 Å². The lowest BCUT2D eigenvalue weighted by Gasteiger charge is -2.36. The first-order chi connectivity index (χ1) is 16.1. The zero-order chi connectivity index (χ0) is 23.0. The van der Waals surface area contributed by atoms with E-state index in [1.807, 2.05) is 23.1 Å². The first-order valence-electron chi connectivity index (χ1n) is 12.0. The standard InChI is InChI=1S/C26H34Cl2N4O/c27-24-10-9-22(20-25(24)28)21-30-14-12-29(13-15-30)11-5-4-8-26(33)32-18-16-31(17-19-32)23-6-2-1-3-7-23/h1-3,6-7,9-10,20H,4-5,8,11-19,21H2. The maximum atomic E-state index is 12.6. The molecule has 2 aliphatic heterocycles. The highest BCUT2D eigenvalue weighted by Crippen LogP contribution is 2.23. The van der Waals surface area contributed by atoms with E-state index < -0.39 is 0 Å². The van der Waals surface area contributed by atoms with E-state index in [0.717, 1.165) is 78.3 Å². The molecule has 0 aromatic heterocycles. The van der Waals surface area contributed by atoms with E-state index in [0.29, 0.717) is 22.4 Å². The van der Waals surface area contributed by atoms with Crippen LogP contribution in [0.2, 0.25) is 10.0 Å². The topological polar surface area (TPSA) is 30.0 Å². The molecule has 2 heterocycles. The minimum Gasteiger partial charge on any atom is -0.368 e. The predicted octanol–water partition coefficient (Wildman–Crippen LogP) is 4.63. The molecular weight excluding hydrogens is 455 g/mol. The fourth-order valence-electron chi connectivity index (χ4n) is 4.69. The van der Waals surface area contributed by atoms with Crippen molar-refractivity contribution in [3.63, 3.8) is 0 Å². The van der Waals surface area contributed by atoms with Crippen molar-refractivity contribution < 1.29 is 4.79 Å². The predicted molar refractivity (Wildman–Crippen MR) is 137 cm³/mol. The number of hydrogen-bond donors (Lipinski definition) is 0. The van der Waals surface area contributed by atoms with E-state index in [1.54, 1.807) is 0 Å². The second-order valence-corrected chi connectivity index (χ2v) is 9.84. The third-order valence-electron chi connectivity index (χ3n) is 6.72. The first kappa shape index (κ1) is 24.3. The minimum absolute atomic E-state index is 0.314. The number of anilines is 1. The van der Waals surface area contributed by atoms with Gasteiger partial charge in [0.1, 0.15) is 0 Å². The fraction of sp³-hybridized carbons (Fsp3) is 0.500. The van der Waals surface area contributed by atoms with Gasteiger partial charge in [-0.2, -0.15) is 0 Å². The SMILES string of the molecule is O=C(CCCCN1CCN(Cc2ccc(Cl)c(Cl)c2)CC1)N1CCN(c2ccccc2)CC1. The molecule has 1 amide bonds. The molecule has 0 saturated carbocycles. The van der Waals surface area contributed by atoms with Crippen molar-refractivity contribution in [1.29, 1.82) is 0 Å². The van der Waals surface area contributed by atoms with Gasteiger partial charge >= 0.3 is 0 Å². The summed E-state index contributed by atoms with van der Waals surface area (Å²) in [5.74, 6) is 0.314. The molecule has 2 aliphatic rings. The molecule has 7 heteroatoms. The van der Waals surface area contributed by atoms with Crippen LogP contribution in [0.3, 0.4) is 0 Å². The molecule has 0 aliphatic carbocycles. The van der Waals surface area contributed by atoms with Crippen LogP contribution in [0.25, 0.3) is 0 Å². The smallest absolute Gasteiger partial charge is 0.222 e. The quantitative estimate of drug-likeness (QED) is 0.506. The summed E-state index contributed by atoms with van der Waals surface area (Å²) in [6.45, 7) is 9.77. The number of carbonyl (C=O) groups excluding carboxylic acids is 1. The normalized spacial score (nSPS) is 18.0. The van der Waals surface area contributed by atoms with Crippen molar-refractivity contribution in [1.82, 2.24) is 14.7 Å². The second kappa shape index (κ2) is 12.1. The van der Waals surface area contributed by atoms with Crippen molar-refractivity contribution in [2.45, 2.75) is 25.8 Å². The number of hydrogen-bond acceptors (Lipinski definition) is 4. The first-order valence-corrected chi connectivity index (χ1v) is 12.8. The Balaban J connectivity index is 1.08. The van der Waals surface area contributed by atoms with Crippen LogP contribution < -0.4 is 4.90 Å². The lowest BCUT2D eigenvalue weighted by atomic mass is 10.1. The zero-order valence-corrected chi connectivity index (χ0v) is 20.8. The van der Waals surface area contributed by atoms with Gasteiger partial charge in [0.2, 0.25) is 5.91 Å². The number of para-hydroxylation sites is 1. The summed E-state index contributed by atoms with van der Waals surface area (Å²) in [6.07, 6.45) is 2.73. The van der Waals surface area contributed by atoms with Gasteiger partial charge in [0, 0.05) is 71.0 Å². The van der Waals surface area contributed by atoms with Crippen molar-refractivity contribution in [2.75, 3.05) is 63.8 Å². The molecule has 2 aromatic rings. The molecule has 0 radical (unpaired) electrons. The summed E-state index contributed by atoms with van der Waals surface area (Å²) in [5, 5.41) is 1.23. The number of nitrogens with zero attached hydrogens (tertiary/aromatic N) is 4. The number of amides is 1. The van der Waals surface area contributed by atoms with Gasteiger partial charge in [0.05, 0.1) is 10.0 Å². The molecule has 0 spiro atoms. The Morgan fingerprint density at radius 3 is 2.15 bits per heavy atom. The summed E-state index contributed by atoms with van der Waals surface area (Å²) in [6, 6.07) is 16.4. The second-order valence-electron chi connectivity index (χ2n) is 9.03. The molecule has 0 bridgehead atoms. The van der Waals surface area contributed by atoms with Crippen LogP contribution in [-0.4, -0.2) is 79.5 Å². The van der Waals surface area contributed by atoms with Gasteiger partial charge in [-0.15, -0.1) is 0 Å². The molecule has 2 fully saturated rings. The maximum absolute atomic E-state index is 12.6. The van der Waals surface area contributed by atoms with E-state index in [2.05, 4.69) is 45.0 Å². The van der Waals surface area contributed by atoms with Crippen LogP contribution in [0.15, 0.2) is 48.5 Å². The van der Waals surface area contributed by atoms with Gasteiger partial charge in [-0.3, -0.25) is 9.69 Å². The lowest BCUT2D eigenvalue weighted by Crippen LogP contribution is -2.48. The minimum atomic E-state index is 0.314. The third-order valence-corrected chi connectivity index (χ3v) is 7.46. The van der Waals surface area contributed by atoms with Gasteiger partial charge in [-0.05, 0) is 49.2 Å². The largest absolute Gasteiger partial charge is 0.368 e. The number of rotatable bonds is 8. The Bertz CT molecular complexity index is 894. The summed E-state index contributed by atoms with van der Waals surface area (Å²) >= 11 is 12.2. The third kappa shape index (κ3) is 7.10. The van der Waals surface area contributed by atoms with Crippen LogP contribution in [0.4, 0.5) is 5.69 Å². The average molecular weight is 489 g/mol. The highest BCUT2D eigenvalue weighted by molar-refractivity contribution is 6.42. The maximum Gasteiger partial charge on any atom is 0.222 e. The Labute approximate surface area is 207 Å². The molecule has 5 nitrogen and oxygen atoms in total. The van der Waals surface area contributed by atoms with Crippen LogP contribution in [0.1, 0.15) is 24.8 Å². The Hall–Kier alpha value is -1.79. The number of carbonyl (C=O) groups is 1. The molecule has 2 aromatic carbocycles. The van der Waals surface area contributed by atoms with Crippen LogP contribution in [-0.2, 0) is 11.3 Å². The molecule has 33 heavy (non-hydrogen) atoms. The van der Waals surface area contributed by atoms with Crippen LogP contribution in [0, 0.1) is 0 Å². The van der Waals surface area contributed by atoms with E-state index in [-0.39, 0.29) is 0 Å². The van der Waals surface area contributed by atoms with Crippen LogP contribution >= 0.6 is 23.2 Å². The summed E-state index contributed by atoms with van der Waals surface area (Å²) in [4.78, 5) is 22.0. The lowest BCUT2D eigenvalue weighted by molar-refractivity contribution is -0.131. The molecule has 0 atom stereocenters. The molecular formula is C26H34Cl2N4O. The Morgan fingerprint density at radius 2 is 1.45 bits per heavy atom. The molecule has 4 rings (SSSR count). The average Bonchev–Trinajstić information content (AvgIpc) is 2.85. The summed E-state index contributed by atoms with van der Waals surface area (Å²) < 4.78 is 0. The van der Waals surface area contributed by atoms with Crippen molar-refractivity contribution in [3.8, 4) is 0 Å². The van der Waals surface area contributed by atoms with Gasteiger partial charge in [0.25, 0.3) is 0 Å². The van der Waals surface area contributed by atoms with Crippen molar-refractivity contribution in [3.05, 3.63) is 64.1 Å². The van der Waals surface area contributed by atoms with Crippen molar-refractivity contribution >= 4 is 34.8 Å². The van der Waals surface area contributed by atoms with Crippen molar-refractivity contribution in [2.24, 2.45) is 0 Å². The summed E-state index contributed by atoms with van der Waals surface area (Å²) in [7, 11) is 0. The van der Waals surface area contributed by atoms with Gasteiger partial charge in [-0.25, -0.2) is 0 Å². The number of piperazine rings is 2. The van der Waals surface area contributed by atoms with Gasteiger partial charge in [0.15, 0.2) is 0 Å². The Morgan fingerprint density at radius 1 is 0.758 bits per heavy atom. The van der Waals surface area contributed by atoms with E-state index in [1.165, 1.54) is 11.3 Å². The monoisotopic (exact) mass is 488 g/mol. The number of halogens is 2. The Kier molecular flexibility index (Phi) is 8.90. The molecule has 0 N–H and O–H groups in total. The van der Waals surface area contributed by atoms with E-state index in [9.17, 15) is 4.79 Å².